The minimum absolute atomic E-state index is 0.630. The molecule has 51 heavy (non-hydrogen) atoms. The number of fused-ring (bicyclic) bond motifs is 6. The molecule has 4 nitrogen and oxygen atoms in total. The van der Waals surface area contributed by atoms with E-state index in [0.717, 1.165) is 66.3 Å². The zero-order valence-corrected chi connectivity index (χ0v) is 27.5. The fourth-order valence-corrected chi connectivity index (χ4v) is 7.18. The molecule has 8 aromatic carbocycles. The molecule has 0 saturated carbocycles. The molecule has 0 unspecified atom stereocenters. The van der Waals surface area contributed by atoms with E-state index in [0.29, 0.717) is 17.5 Å². The molecule has 0 aliphatic rings. The lowest BCUT2D eigenvalue weighted by molar-refractivity contribution is 0.669. The quantitative estimate of drug-likeness (QED) is 0.186. The zero-order chi connectivity index (χ0) is 33.7. The molecule has 4 heteroatoms. The van der Waals surface area contributed by atoms with Crippen molar-refractivity contribution in [2.45, 2.75) is 0 Å². The Labute approximate surface area is 294 Å². The van der Waals surface area contributed by atoms with Crippen molar-refractivity contribution >= 4 is 43.5 Å². The van der Waals surface area contributed by atoms with Crippen LogP contribution in [-0.4, -0.2) is 15.0 Å². The highest BCUT2D eigenvalue weighted by atomic mass is 16.3. The molecule has 0 saturated heterocycles. The van der Waals surface area contributed by atoms with Gasteiger partial charge in [0.1, 0.15) is 11.2 Å². The van der Waals surface area contributed by atoms with Crippen LogP contribution in [-0.2, 0) is 0 Å². The standard InChI is InChI=1S/C47H29N3O/c1-2-11-32(12-3-1)38-14-6-7-15-40(38)47-49-45(48-46(50-47)37-23-20-30-10-4-5-13-34(30)29-37)33-21-18-31(19-22-33)35-24-26-39-36(28-35)25-27-43-44(39)41-16-8-9-17-42(41)51-43/h1-29H. The van der Waals surface area contributed by atoms with E-state index in [1.165, 1.54) is 16.2 Å². The van der Waals surface area contributed by atoms with Crippen LogP contribution < -0.4 is 0 Å². The second-order valence-corrected chi connectivity index (χ2v) is 12.8. The van der Waals surface area contributed by atoms with E-state index in [4.69, 9.17) is 19.4 Å². The van der Waals surface area contributed by atoms with Gasteiger partial charge in [0.05, 0.1) is 0 Å². The first-order valence-corrected chi connectivity index (χ1v) is 17.1. The van der Waals surface area contributed by atoms with Crippen molar-refractivity contribution < 1.29 is 4.42 Å². The molecule has 0 N–H and O–H groups in total. The molecule has 10 rings (SSSR count). The van der Waals surface area contributed by atoms with Gasteiger partial charge in [-0.2, -0.15) is 0 Å². The van der Waals surface area contributed by atoms with E-state index in [-0.39, 0.29) is 0 Å². The number of furan rings is 1. The van der Waals surface area contributed by atoms with Crippen molar-refractivity contribution in [3.63, 3.8) is 0 Å². The lowest BCUT2D eigenvalue weighted by atomic mass is 9.97. The van der Waals surface area contributed by atoms with Gasteiger partial charge in [0, 0.05) is 27.5 Å². The molecule has 2 heterocycles. The molecule has 0 aliphatic carbocycles. The molecule has 0 amide bonds. The second kappa shape index (κ2) is 11.9. The molecule has 0 bridgehead atoms. The largest absolute Gasteiger partial charge is 0.456 e. The molecular weight excluding hydrogens is 623 g/mol. The first kappa shape index (κ1) is 29.0. The minimum Gasteiger partial charge on any atom is -0.456 e. The maximum Gasteiger partial charge on any atom is 0.164 e. The number of para-hydroxylation sites is 1. The van der Waals surface area contributed by atoms with Crippen LogP contribution >= 0.6 is 0 Å². The summed E-state index contributed by atoms with van der Waals surface area (Å²) in [6.45, 7) is 0. The molecular formula is C47H29N3O. The monoisotopic (exact) mass is 651 g/mol. The Balaban J connectivity index is 1.08. The van der Waals surface area contributed by atoms with Crippen molar-refractivity contribution in [3.8, 4) is 56.4 Å². The Bertz CT molecular complexity index is 2910. The fraction of sp³-hybridized carbons (Fsp3) is 0. The van der Waals surface area contributed by atoms with Crippen molar-refractivity contribution in [2.75, 3.05) is 0 Å². The van der Waals surface area contributed by atoms with Crippen LogP contribution in [0.15, 0.2) is 180 Å². The zero-order valence-electron chi connectivity index (χ0n) is 27.5. The van der Waals surface area contributed by atoms with E-state index in [1.807, 2.05) is 24.3 Å². The molecule has 0 aliphatic heterocycles. The second-order valence-electron chi connectivity index (χ2n) is 12.8. The van der Waals surface area contributed by atoms with E-state index in [9.17, 15) is 0 Å². The Morgan fingerprint density at radius 1 is 0.314 bits per heavy atom. The van der Waals surface area contributed by atoms with Crippen molar-refractivity contribution in [2.24, 2.45) is 0 Å². The Hall–Kier alpha value is -6.91. The van der Waals surface area contributed by atoms with E-state index in [1.54, 1.807) is 0 Å². The maximum absolute atomic E-state index is 6.14. The lowest BCUT2D eigenvalue weighted by Crippen LogP contribution is -2.01. The number of hydrogen-bond acceptors (Lipinski definition) is 4. The molecule has 0 spiro atoms. The van der Waals surface area contributed by atoms with E-state index >= 15 is 0 Å². The van der Waals surface area contributed by atoms with Crippen LogP contribution in [0.25, 0.3) is 99.9 Å². The smallest absolute Gasteiger partial charge is 0.164 e. The van der Waals surface area contributed by atoms with Gasteiger partial charge in [-0.15, -0.1) is 0 Å². The van der Waals surface area contributed by atoms with Crippen LogP contribution in [0.4, 0.5) is 0 Å². The van der Waals surface area contributed by atoms with Crippen LogP contribution in [0.3, 0.4) is 0 Å². The number of hydrogen-bond donors (Lipinski definition) is 0. The van der Waals surface area contributed by atoms with Crippen molar-refractivity contribution in [1.82, 2.24) is 15.0 Å². The maximum atomic E-state index is 6.14. The summed E-state index contributed by atoms with van der Waals surface area (Å²) < 4.78 is 6.14. The summed E-state index contributed by atoms with van der Waals surface area (Å²) in [6, 6.07) is 61.1. The molecule has 10 aromatic rings. The number of aromatic nitrogens is 3. The summed E-state index contributed by atoms with van der Waals surface area (Å²) in [7, 11) is 0. The van der Waals surface area contributed by atoms with Crippen LogP contribution in [0.1, 0.15) is 0 Å². The fourth-order valence-electron chi connectivity index (χ4n) is 7.18. The molecule has 0 radical (unpaired) electrons. The predicted molar refractivity (Wildman–Crippen MR) is 209 cm³/mol. The Morgan fingerprint density at radius 3 is 1.78 bits per heavy atom. The van der Waals surface area contributed by atoms with Gasteiger partial charge in [-0.25, -0.2) is 15.0 Å². The normalized spacial score (nSPS) is 11.5. The highest BCUT2D eigenvalue weighted by Crippen LogP contribution is 2.37. The van der Waals surface area contributed by atoms with Gasteiger partial charge in [-0.3, -0.25) is 0 Å². The molecule has 0 fully saturated rings. The van der Waals surface area contributed by atoms with Gasteiger partial charge in [-0.1, -0.05) is 152 Å². The van der Waals surface area contributed by atoms with Crippen LogP contribution in [0.2, 0.25) is 0 Å². The Morgan fingerprint density at radius 2 is 0.922 bits per heavy atom. The van der Waals surface area contributed by atoms with Gasteiger partial charge in [0.15, 0.2) is 17.5 Å². The van der Waals surface area contributed by atoms with E-state index in [2.05, 4.69) is 152 Å². The summed E-state index contributed by atoms with van der Waals surface area (Å²) in [5.41, 5.74) is 9.11. The first-order valence-electron chi connectivity index (χ1n) is 17.1. The molecule has 238 valence electrons. The van der Waals surface area contributed by atoms with Gasteiger partial charge in [0.2, 0.25) is 0 Å². The third kappa shape index (κ3) is 5.13. The SMILES string of the molecule is c1ccc(-c2ccccc2-c2nc(-c3ccc(-c4ccc5c(ccc6oc7ccccc7c65)c4)cc3)nc(-c3ccc4ccccc4c3)n2)cc1. The highest BCUT2D eigenvalue weighted by molar-refractivity contribution is 6.19. The number of nitrogens with zero attached hydrogens (tertiary/aromatic N) is 3. The number of rotatable bonds is 5. The Kier molecular flexibility index (Phi) is 6.78. The highest BCUT2D eigenvalue weighted by Gasteiger charge is 2.16. The van der Waals surface area contributed by atoms with Crippen molar-refractivity contribution in [1.29, 1.82) is 0 Å². The minimum atomic E-state index is 0.630. The third-order valence-electron chi connectivity index (χ3n) is 9.73. The van der Waals surface area contributed by atoms with Gasteiger partial charge < -0.3 is 4.42 Å². The summed E-state index contributed by atoms with van der Waals surface area (Å²) in [5, 5.41) is 6.98. The summed E-state index contributed by atoms with van der Waals surface area (Å²) in [5.74, 6) is 1.91. The topological polar surface area (TPSA) is 51.8 Å². The lowest BCUT2D eigenvalue weighted by Gasteiger charge is -2.12. The third-order valence-corrected chi connectivity index (χ3v) is 9.73. The van der Waals surface area contributed by atoms with Crippen LogP contribution in [0, 0.1) is 0 Å². The molecule has 0 atom stereocenters. The number of benzene rings is 8. The van der Waals surface area contributed by atoms with Crippen molar-refractivity contribution in [3.05, 3.63) is 176 Å². The summed E-state index contributed by atoms with van der Waals surface area (Å²) in [4.78, 5) is 15.3. The summed E-state index contributed by atoms with van der Waals surface area (Å²) in [6.07, 6.45) is 0. The predicted octanol–water partition coefficient (Wildman–Crippen LogP) is 12.4. The molecule has 2 aromatic heterocycles. The average Bonchev–Trinajstić information content (AvgIpc) is 3.60. The van der Waals surface area contributed by atoms with Gasteiger partial charge >= 0.3 is 0 Å². The van der Waals surface area contributed by atoms with Gasteiger partial charge in [-0.05, 0) is 68.1 Å². The average molecular weight is 652 g/mol. The first-order chi connectivity index (χ1) is 25.2. The summed E-state index contributed by atoms with van der Waals surface area (Å²) >= 11 is 0. The van der Waals surface area contributed by atoms with Gasteiger partial charge in [0.25, 0.3) is 0 Å². The van der Waals surface area contributed by atoms with Crippen LogP contribution in [0.5, 0.6) is 0 Å². The van der Waals surface area contributed by atoms with E-state index < -0.39 is 0 Å².